The molecule has 32 heavy (non-hydrogen) atoms. The summed E-state index contributed by atoms with van der Waals surface area (Å²) < 4.78 is 61.4. The van der Waals surface area contributed by atoms with E-state index >= 15 is 0 Å². The SMILES string of the molecule is Cc1ccc(S(=O)(=O)n2cc(Br)c3c(Oc4c(F)cc([N+](=O)[O-])cc4F)ccnc32)cc1. The fourth-order valence-electron chi connectivity index (χ4n) is 3.01. The van der Waals surface area contributed by atoms with Gasteiger partial charge in [-0.05, 0) is 41.1 Å². The van der Waals surface area contributed by atoms with Crippen molar-refractivity contribution < 1.29 is 26.9 Å². The average molecular weight is 524 g/mol. The lowest BCUT2D eigenvalue weighted by Gasteiger charge is -2.10. The molecular formula is C20H12BrF2N3O5S. The van der Waals surface area contributed by atoms with Crippen molar-refractivity contribution in [1.29, 1.82) is 0 Å². The molecule has 0 unspecified atom stereocenters. The van der Waals surface area contributed by atoms with Gasteiger partial charge in [-0.25, -0.2) is 26.2 Å². The van der Waals surface area contributed by atoms with Crippen LogP contribution < -0.4 is 4.74 Å². The Kier molecular flexibility index (Phi) is 5.42. The molecule has 4 aromatic rings. The van der Waals surface area contributed by atoms with Gasteiger partial charge < -0.3 is 4.74 Å². The van der Waals surface area contributed by atoms with Crippen molar-refractivity contribution in [2.45, 2.75) is 11.8 Å². The van der Waals surface area contributed by atoms with Crippen LogP contribution in [0.1, 0.15) is 5.56 Å². The quantitative estimate of drug-likeness (QED) is 0.259. The zero-order chi connectivity index (χ0) is 23.2. The summed E-state index contributed by atoms with van der Waals surface area (Å²) in [6.07, 6.45) is 2.47. The summed E-state index contributed by atoms with van der Waals surface area (Å²) in [6, 6.07) is 8.54. The molecule has 0 fully saturated rings. The van der Waals surface area contributed by atoms with Crippen LogP contribution in [0.2, 0.25) is 0 Å². The standard InChI is InChI=1S/C20H12BrF2N3O5S/c1-11-2-4-13(5-3-11)32(29,30)25-10-14(21)18-17(6-7-24-20(18)25)31-19-15(22)8-12(26(27)28)9-16(19)23/h2-10H,1H3. The van der Waals surface area contributed by atoms with E-state index in [4.69, 9.17) is 4.74 Å². The van der Waals surface area contributed by atoms with Crippen molar-refractivity contribution in [3.8, 4) is 11.5 Å². The first-order valence-corrected chi connectivity index (χ1v) is 11.1. The fraction of sp³-hybridized carbons (Fsp3) is 0.0500. The van der Waals surface area contributed by atoms with Gasteiger partial charge in [0.1, 0.15) is 5.75 Å². The minimum atomic E-state index is -4.04. The van der Waals surface area contributed by atoms with E-state index in [1.165, 1.54) is 30.6 Å². The Hall–Kier alpha value is -3.38. The molecule has 2 heterocycles. The number of aryl methyl sites for hydroxylation is 1. The van der Waals surface area contributed by atoms with E-state index in [-0.39, 0.29) is 26.2 Å². The number of benzene rings is 2. The summed E-state index contributed by atoms with van der Waals surface area (Å²) in [5, 5.41) is 10.9. The van der Waals surface area contributed by atoms with Gasteiger partial charge in [0.25, 0.3) is 15.7 Å². The third kappa shape index (κ3) is 3.71. The van der Waals surface area contributed by atoms with Gasteiger partial charge in [0.05, 0.1) is 27.3 Å². The van der Waals surface area contributed by atoms with E-state index in [0.29, 0.717) is 12.1 Å². The first-order chi connectivity index (χ1) is 15.1. The number of nitro benzene ring substituents is 1. The minimum absolute atomic E-state index is 0.0214. The van der Waals surface area contributed by atoms with E-state index < -0.39 is 38.0 Å². The van der Waals surface area contributed by atoms with Crippen molar-refractivity contribution in [2.24, 2.45) is 0 Å². The van der Waals surface area contributed by atoms with Crippen molar-refractivity contribution in [3.63, 3.8) is 0 Å². The number of halogens is 3. The van der Waals surface area contributed by atoms with E-state index in [2.05, 4.69) is 20.9 Å². The molecule has 2 aromatic carbocycles. The molecule has 0 saturated carbocycles. The Morgan fingerprint density at radius 3 is 2.34 bits per heavy atom. The minimum Gasteiger partial charge on any atom is -0.450 e. The topological polar surface area (TPSA) is 104 Å². The van der Waals surface area contributed by atoms with Crippen LogP contribution in [0.3, 0.4) is 0 Å². The molecule has 0 radical (unpaired) electrons. The number of non-ortho nitro benzene ring substituents is 1. The van der Waals surface area contributed by atoms with E-state index in [1.807, 2.05) is 6.92 Å². The predicted octanol–water partition coefficient (Wildman–Crippen LogP) is 5.32. The molecule has 0 saturated heterocycles. The number of fused-ring (bicyclic) bond motifs is 1. The van der Waals surface area contributed by atoms with E-state index in [9.17, 15) is 27.3 Å². The number of rotatable bonds is 5. The number of aromatic nitrogens is 2. The molecule has 0 aliphatic heterocycles. The van der Waals surface area contributed by atoms with Gasteiger partial charge in [-0.3, -0.25) is 10.1 Å². The van der Waals surface area contributed by atoms with Crippen molar-refractivity contribution >= 4 is 42.7 Å². The highest BCUT2D eigenvalue weighted by Crippen LogP contribution is 2.39. The van der Waals surface area contributed by atoms with Crippen LogP contribution in [0.25, 0.3) is 11.0 Å². The summed E-state index contributed by atoms with van der Waals surface area (Å²) >= 11 is 3.24. The second-order valence-electron chi connectivity index (χ2n) is 6.70. The van der Waals surface area contributed by atoms with Crippen LogP contribution in [0.5, 0.6) is 11.5 Å². The molecule has 4 rings (SSSR count). The Bertz CT molecular complexity index is 1460. The predicted molar refractivity (Wildman–Crippen MR) is 114 cm³/mol. The Labute approximate surface area is 188 Å². The van der Waals surface area contributed by atoms with Gasteiger partial charge in [-0.2, -0.15) is 0 Å². The Balaban J connectivity index is 1.84. The van der Waals surface area contributed by atoms with Crippen molar-refractivity contribution in [2.75, 3.05) is 0 Å². The zero-order valence-electron chi connectivity index (χ0n) is 16.1. The summed E-state index contributed by atoms with van der Waals surface area (Å²) in [7, 11) is -4.04. The number of pyridine rings is 1. The van der Waals surface area contributed by atoms with E-state index in [0.717, 1.165) is 9.54 Å². The summed E-state index contributed by atoms with van der Waals surface area (Å²) in [5.41, 5.74) is 0.0601. The van der Waals surface area contributed by atoms with Crippen LogP contribution >= 0.6 is 15.9 Å². The smallest absolute Gasteiger partial charge is 0.275 e. The monoisotopic (exact) mass is 523 g/mol. The highest BCUT2D eigenvalue weighted by molar-refractivity contribution is 9.10. The largest absolute Gasteiger partial charge is 0.450 e. The van der Waals surface area contributed by atoms with Crippen LogP contribution in [0.4, 0.5) is 14.5 Å². The van der Waals surface area contributed by atoms with Gasteiger partial charge in [-0.15, -0.1) is 0 Å². The molecule has 2 aromatic heterocycles. The molecule has 12 heteroatoms. The van der Waals surface area contributed by atoms with Crippen LogP contribution in [0, 0.1) is 28.7 Å². The molecule has 0 bridgehead atoms. The second-order valence-corrected chi connectivity index (χ2v) is 9.37. The van der Waals surface area contributed by atoms with Crippen LogP contribution in [-0.4, -0.2) is 22.3 Å². The van der Waals surface area contributed by atoms with Gasteiger partial charge in [0.2, 0.25) is 0 Å². The van der Waals surface area contributed by atoms with Crippen molar-refractivity contribution in [3.05, 3.63) is 86.6 Å². The van der Waals surface area contributed by atoms with Crippen LogP contribution in [0.15, 0.2) is 64.2 Å². The maximum absolute atomic E-state index is 14.3. The van der Waals surface area contributed by atoms with Gasteiger partial charge in [-0.1, -0.05) is 17.7 Å². The molecule has 0 aliphatic carbocycles. The lowest BCUT2D eigenvalue weighted by atomic mass is 10.2. The molecule has 0 N–H and O–H groups in total. The maximum atomic E-state index is 14.3. The first kappa shape index (κ1) is 21.8. The molecule has 0 aliphatic rings. The molecule has 164 valence electrons. The summed E-state index contributed by atoms with van der Waals surface area (Å²) in [5.74, 6) is -3.55. The number of nitro groups is 1. The molecule has 8 nitrogen and oxygen atoms in total. The van der Waals surface area contributed by atoms with Gasteiger partial charge in [0, 0.05) is 16.9 Å². The van der Waals surface area contributed by atoms with E-state index in [1.54, 1.807) is 12.1 Å². The zero-order valence-corrected chi connectivity index (χ0v) is 18.5. The summed E-state index contributed by atoms with van der Waals surface area (Å²) in [6.45, 7) is 1.82. The summed E-state index contributed by atoms with van der Waals surface area (Å²) in [4.78, 5) is 14.0. The number of hydrogen-bond donors (Lipinski definition) is 0. The Morgan fingerprint density at radius 1 is 1.12 bits per heavy atom. The van der Waals surface area contributed by atoms with Gasteiger partial charge >= 0.3 is 0 Å². The highest BCUT2D eigenvalue weighted by Gasteiger charge is 2.25. The normalized spacial score (nSPS) is 11.6. The average Bonchev–Trinajstić information content (AvgIpc) is 3.09. The fourth-order valence-corrected chi connectivity index (χ4v) is 5.04. The Morgan fingerprint density at radius 2 is 1.75 bits per heavy atom. The molecule has 0 atom stereocenters. The third-order valence-corrected chi connectivity index (χ3v) is 6.82. The van der Waals surface area contributed by atoms with Gasteiger partial charge in [0.15, 0.2) is 23.0 Å². The first-order valence-electron chi connectivity index (χ1n) is 8.88. The molecule has 0 spiro atoms. The van der Waals surface area contributed by atoms with Crippen LogP contribution in [-0.2, 0) is 10.0 Å². The second kappa shape index (κ2) is 7.95. The highest BCUT2D eigenvalue weighted by atomic mass is 79.9. The van der Waals surface area contributed by atoms with Crippen molar-refractivity contribution in [1.82, 2.24) is 8.96 Å². The molecular weight excluding hydrogens is 512 g/mol. The lowest BCUT2D eigenvalue weighted by molar-refractivity contribution is -0.385. The molecule has 0 amide bonds. The maximum Gasteiger partial charge on any atom is 0.275 e. The number of hydrogen-bond acceptors (Lipinski definition) is 6. The lowest BCUT2D eigenvalue weighted by Crippen LogP contribution is -2.12. The third-order valence-electron chi connectivity index (χ3n) is 4.55. The number of nitrogens with zero attached hydrogens (tertiary/aromatic N) is 3. The number of ether oxygens (including phenoxy) is 1.